The number of anilines is 1. The molecule has 2 heterocycles. The Hall–Kier alpha value is -3.24. The number of carboxylic acid groups (broad SMARTS) is 1. The molecule has 0 atom stereocenters. The molecule has 0 radical (unpaired) electrons. The average Bonchev–Trinajstić information content (AvgIpc) is 3.22. The summed E-state index contributed by atoms with van der Waals surface area (Å²) in [4.78, 5) is 15.6. The minimum atomic E-state index is -3.94. The number of carboxylic acids is 1. The summed E-state index contributed by atoms with van der Waals surface area (Å²) in [6.45, 7) is 2.00. The number of hydrogen-bond acceptors (Lipinski definition) is 6. The molecule has 10 heteroatoms. The molecule has 0 saturated heterocycles. The molecule has 2 aromatic heterocycles. The van der Waals surface area contributed by atoms with Gasteiger partial charge in [0.05, 0.1) is 16.2 Å². The fraction of sp³-hybridized carbons (Fsp3) is 0.0556. The number of nitrogens with zero attached hydrogens (tertiary/aromatic N) is 3. The normalized spacial score (nSPS) is 11.6. The van der Waals surface area contributed by atoms with Gasteiger partial charge in [-0.2, -0.15) is 4.98 Å². The van der Waals surface area contributed by atoms with Crippen LogP contribution < -0.4 is 4.72 Å². The zero-order chi connectivity index (χ0) is 19.9. The topological polar surface area (TPSA) is 114 Å². The van der Waals surface area contributed by atoms with Crippen molar-refractivity contribution in [3.05, 3.63) is 65.0 Å². The van der Waals surface area contributed by atoms with Gasteiger partial charge in [0, 0.05) is 10.9 Å². The van der Waals surface area contributed by atoms with E-state index in [2.05, 4.69) is 14.8 Å². The molecule has 0 saturated carbocycles. The molecule has 2 N–H and O–H groups in total. The molecular weight excluding hydrogens is 400 g/mol. The SMILES string of the molecule is Cc1ccc(-c2csc3nc(NS(=O)(=O)c4ccc(C(=O)O)cc4)nn23)cc1. The molecule has 0 unspecified atom stereocenters. The molecule has 0 aliphatic carbocycles. The molecule has 0 bridgehead atoms. The van der Waals surface area contributed by atoms with Crippen molar-refractivity contribution in [1.82, 2.24) is 14.6 Å². The molecule has 0 spiro atoms. The number of nitrogens with one attached hydrogen (secondary N) is 1. The van der Waals surface area contributed by atoms with E-state index in [0.717, 1.165) is 16.8 Å². The van der Waals surface area contributed by atoms with Gasteiger partial charge in [-0.15, -0.1) is 16.4 Å². The third-order valence-corrected chi connectivity index (χ3v) is 6.23. The van der Waals surface area contributed by atoms with Crippen molar-refractivity contribution in [1.29, 1.82) is 0 Å². The maximum absolute atomic E-state index is 12.5. The first-order valence-electron chi connectivity index (χ1n) is 8.11. The second kappa shape index (κ2) is 6.73. The van der Waals surface area contributed by atoms with E-state index < -0.39 is 16.0 Å². The Bertz CT molecular complexity index is 1270. The Morgan fingerprint density at radius 2 is 1.79 bits per heavy atom. The van der Waals surface area contributed by atoms with Gasteiger partial charge in [-0.1, -0.05) is 29.8 Å². The number of benzene rings is 2. The Morgan fingerprint density at radius 3 is 2.43 bits per heavy atom. The van der Waals surface area contributed by atoms with Crippen LogP contribution in [0.3, 0.4) is 0 Å². The summed E-state index contributed by atoms with van der Waals surface area (Å²) < 4.78 is 29.0. The van der Waals surface area contributed by atoms with Crippen molar-refractivity contribution >= 4 is 38.2 Å². The van der Waals surface area contributed by atoms with Crippen molar-refractivity contribution in [2.75, 3.05) is 4.72 Å². The number of aryl methyl sites for hydroxylation is 1. The molecule has 28 heavy (non-hydrogen) atoms. The Morgan fingerprint density at radius 1 is 1.11 bits per heavy atom. The molecule has 0 aliphatic heterocycles. The van der Waals surface area contributed by atoms with Crippen molar-refractivity contribution in [2.24, 2.45) is 0 Å². The van der Waals surface area contributed by atoms with Gasteiger partial charge in [0.2, 0.25) is 4.96 Å². The second-order valence-corrected chi connectivity index (χ2v) is 8.57. The van der Waals surface area contributed by atoms with Crippen LogP contribution in [0.15, 0.2) is 58.8 Å². The number of aromatic nitrogens is 3. The lowest BCUT2D eigenvalue weighted by atomic mass is 10.1. The monoisotopic (exact) mass is 414 g/mol. The van der Waals surface area contributed by atoms with Gasteiger partial charge < -0.3 is 5.11 Å². The number of hydrogen-bond donors (Lipinski definition) is 2. The van der Waals surface area contributed by atoms with E-state index in [1.54, 1.807) is 4.52 Å². The summed E-state index contributed by atoms with van der Waals surface area (Å²) in [5, 5.41) is 15.1. The van der Waals surface area contributed by atoms with Crippen LogP contribution in [-0.2, 0) is 10.0 Å². The summed E-state index contributed by atoms with van der Waals surface area (Å²) in [6.07, 6.45) is 0. The fourth-order valence-electron chi connectivity index (χ4n) is 2.60. The molecule has 0 aliphatic rings. The standard InChI is InChI=1S/C18H14N4O4S2/c1-11-2-4-12(5-3-11)15-10-27-18-19-17(20-22(15)18)21-28(25,26)14-8-6-13(7-9-14)16(23)24/h2-10H,1H3,(H,20,21)(H,23,24). The van der Waals surface area contributed by atoms with Gasteiger partial charge in [0.15, 0.2) is 0 Å². The van der Waals surface area contributed by atoms with Crippen molar-refractivity contribution in [3.63, 3.8) is 0 Å². The quantitative estimate of drug-likeness (QED) is 0.518. The Kier molecular flexibility index (Phi) is 4.36. The first-order chi connectivity index (χ1) is 13.3. The third-order valence-electron chi connectivity index (χ3n) is 4.07. The van der Waals surface area contributed by atoms with Gasteiger partial charge in [-0.05, 0) is 31.2 Å². The molecule has 2 aromatic carbocycles. The number of fused-ring (bicyclic) bond motifs is 1. The van der Waals surface area contributed by atoms with E-state index in [1.165, 1.54) is 35.6 Å². The minimum Gasteiger partial charge on any atom is -0.478 e. The molecule has 4 rings (SSSR count). The van der Waals surface area contributed by atoms with Crippen molar-refractivity contribution in [2.45, 2.75) is 11.8 Å². The number of carbonyl (C=O) groups is 1. The zero-order valence-corrected chi connectivity index (χ0v) is 16.2. The van der Waals surface area contributed by atoms with E-state index in [9.17, 15) is 13.2 Å². The van der Waals surface area contributed by atoms with Gasteiger partial charge in [-0.25, -0.2) is 22.4 Å². The molecule has 4 aromatic rings. The van der Waals surface area contributed by atoms with E-state index in [0.29, 0.717) is 4.96 Å². The Labute approximate surface area is 164 Å². The molecule has 142 valence electrons. The molecule has 0 amide bonds. The van der Waals surface area contributed by atoms with Gasteiger partial charge >= 0.3 is 5.97 Å². The molecule has 8 nitrogen and oxygen atoms in total. The minimum absolute atomic E-state index is 0.00215. The zero-order valence-electron chi connectivity index (χ0n) is 14.5. The van der Waals surface area contributed by atoms with E-state index in [1.807, 2.05) is 36.6 Å². The lowest BCUT2D eigenvalue weighted by Crippen LogP contribution is -2.14. The third kappa shape index (κ3) is 3.35. The van der Waals surface area contributed by atoms with Gasteiger partial charge in [0.25, 0.3) is 16.0 Å². The van der Waals surface area contributed by atoms with Crippen LogP contribution in [0, 0.1) is 6.92 Å². The summed E-state index contributed by atoms with van der Waals surface area (Å²) in [6, 6.07) is 12.8. The van der Waals surface area contributed by atoms with E-state index >= 15 is 0 Å². The van der Waals surface area contributed by atoms with Crippen LogP contribution >= 0.6 is 11.3 Å². The van der Waals surface area contributed by atoms with Crippen molar-refractivity contribution in [3.8, 4) is 11.3 Å². The molecular formula is C18H14N4O4S2. The first kappa shape index (κ1) is 18.1. The Balaban J connectivity index is 1.64. The first-order valence-corrected chi connectivity index (χ1v) is 10.5. The van der Waals surface area contributed by atoms with E-state index in [4.69, 9.17) is 5.11 Å². The smallest absolute Gasteiger partial charge is 0.335 e. The van der Waals surface area contributed by atoms with Crippen molar-refractivity contribution < 1.29 is 18.3 Å². The predicted octanol–water partition coefficient (Wildman–Crippen LogP) is 3.27. The highest BCUT2D eigenvalue weighted by atomic mass is 32.2. The van der Waals surface area contributed by atoms with Crippen LogP contribution in [0.5, 0.6) is 0 Å². The number of sulfonamides is 1. The van der Waals surface area contributed by atoms with Crippen LogP contribution in [0.25, 0.3) is 16.2 Å². The second-order valence-electron chi connectivity index (χ2n) is 6.05. The number of aromatic carboxylic acids is 1. The average molecular weight is 414 g/mol. The number of rotatable bonds is 5. The molecule has 0 fully saturated rings. The van der Waals surface area contributed by atoms with Crippen LogP contribution in [-0.4, -0.2) is 34.1 Å². The highest BCUT2D eigenvalue weighted by Gasteiger charge is 2.19. The summed E-state index contributed by atoms with van der Waals surface area (Å²) >= 11 is 1.35. The fourth-order valence-corrected chi connectivity index (χ4v) is 4.37. The van der Waals surface area contributed by atoms with Crippen LogP contribution in [0.1, 0.15) is 15.9 Å². The summed E-state index contributed by atoms with van der Waals surface area (Å²) in [7, 11) is -3.94. The highest BCUT2D eigenvalue weighted by Crippen LogP contribution is 2.26. The maximum Gasteiger partial charge on any atom is 0.335 e. The lowest BCUT2D eigenvalue weighted by molar-refractivity contribution is 0.0696. The summed E-state index contributed by atoms with van der Waals surface area (Å²) in [5.41, 5.74) is 2.89. The van der Waals surface area contributed by atoms with Gasteiger partial charge in [0.1, 0.15) is 0 Å². The van der Waals surface area contributed by atoms with Gasteiger partial charge in [-0.3, -0.25) is 0 Å². The maximum atomic E-state index is 12.5. The number of thiazole rings is 1. The van der Waals surface area contributed by atoms with Crippen LogP contribution in [0.2, 0.25) is 0 Å². The summed E-state index contributed by atoms with van der Waals surface area (Å²) in [5.74, 6) is -1.18. The van der Waals surface area contributed by atoms with E-state index in [-0.39, 0.29) is 16.4 Å². The lowest BCUT2D eigenvalue weighted by Gasteiger charge is -2.04. The predicted molar refractivity (Wildman–Crippen MR) is 105 cm³/mol. The highest BCUT2D eigenvalue weighted by molar-refractivity contribution is 7.92. The van der Waals surface area contributed by atoms with Crippen LogP contribution in [0.4, 0.5) is 5.95 Å². The largest absolute Gasteiger partial charge is 0.478 e.